The summed E-state index contributed by atoms with van der Waals surface area (Å²) < 4.78 is 12.0. The molecule has 0 aliphatic rings. The van der Waals surface area contributed by atoms with Gasteiger partial charge in [0.1, 0.15) is 0 Å². The molecule has 0 spiro atoms. The fourth-order valence-corrected chi connectivity index (χ4v) is 4.00. The molecule has 0 aromatic rings. The highest BCUT2D eigenvalue weighted by atomic mass is 31.2. The van der Waals surface area contributed by atoms with Crippen molar-refractivity contribution in [3.8, 4) is 0 Å². The molecule has 0 saturated carbocycles. The topological polar surface area (TPSA) is 37.3 Å². The standard InChI is InChI=1S/C10H23O2P/c1-5-8-10(7-3)13(11,12)9(4)6-2/h9-10H,5-8H2,1-4H3,(H,11,12). The highest BCUT2D eigenvalue weighted by Gasteiger charge is 2.33. The van der Waals surface area contributed by atoms with Gasteiger partial charge in [-0.25, -0.2) is 0 Å². The molecular weight excluding hydrogens is 183 g/mol. The van der Waals surface area contributed by atoms with Crippen LogP contribution in [0.15, 0.2) is 0 Å². The monoisotopic (exact) mass is 206 g/mol. The molecule has 3 heteroatoms. The van der Waals surface area contributed by atoms with Gasteiger partial charge in [0.25, 0.3) is 0 Å². The molecule has 0 rings (SSSR count). The van der Waals surface area contributed by atoms with E-state index in [1.807, 2.05) is 20.8 Å². The second-order valence-electron chi connectivity index (χ2n) is 3.78. The van der Waals surface area contributed by atoms with E-state index in [0.717, 1.165) is 25.7 Å². The van der Waals surface area contributed by atoms with Gasteiger partial charge in [0.2, 0.25) is 7.37 Å². The van der Waals surface area contributed by atoms with Crippen LogP contribution in [0.25, 0.3) is 0 Å². The largest absolute Gasteiger partial charge is 0.344 e. The summed E-state index contributed by atoms with van der Waals surface area (Å²) in [7, 11) is -2.91. The first-order valence-electron chi connectivity index (χ1n) is 5.32. The van der Waals surface area contributed by atoms with Crippen LogP contribution in [0, 0.1) is 0 Å². The summed E-state index contributed by atoms with van der Waals surface area (Å²) in [5.74, 6) is 0. The van der Waals surface area contributed by atoms with E-state index in [0.29, 0.717) is 0 Å². The third-order valence-electron chi connectivity index (χ3n) is 2.84. The van der Waals surface area contributed by atoms with Crippen molar-refractivity contribution in [3.05, 3.63) is 0 Å². The Morgan fingerprint density at radius 3 is 2.08 bits per heavy atom. The molecule has 0 fully saturated rings. The molecule has 0 amide bonds. The molecule has 0 aliphatic heterocycles. The lowest BCUT2D eigenvalue weighted by atomic mass is 10.2. The maximum atomic E-state index is 12.0. The molecule has 2 nitrogen and oxygen atoms in total. The molecule has 3 atom stereocenters. The van der Waals surface area contributed by atoms with Gasteiger partial charge in [0, 0.05) is 11.3 Å². The van der Waals surface area contributed by atoms with Crippen LogP contribution < -0.4 is 0 Å². The van der Waals surface area contributed by atoms with Crippen LogP contribution in [-0.2, 0) is 4.57 Å². The fourth-order valence-electron chi connectivity index (χ4n) is 1.61. The Morgan fingerprint density at radius 1 is 1.23 bits per heavy atom. The van der Waals surface area contributed by atoms with Crippen LogP contribution in [0.3, 0.4) is 0 Å². The number of hydrogen-bond acceptors (Lipinski definition) is 1. The van der Waals surface area contributed by atoms with Crippen LogP contribution in [0.4, 0.5) is 0 Å². The molecule has 0 heterocycles. The Labute approximate surface area is 82.2 Å². The summed E-state index contributed by atoms with van der Waals surface area (Å²) in [5, 5.41) is 0. The lowest BCUT2D eigenvalue weighted by Gasteiger charge is -2.26. The van der Waals surface area contributed by atoms with E-state index >= 15 is 0 Å². The van der Waals surface area contributed by atoms with E-state index in [9.17, 15) is 9.46 Å². The first-order valence-corrected chi connectivity index (χ1v) is 7.12. The summed E-state index contributed by atoms with van der Waals surface area (Å²) in [6.45, 7) is 7.94. The molecule has 3 unspecified atom stereocenters. The van der Waals surface area contributed by atoms with Gasteiger partial charge in [-0.15, -0.1) is 0 Å². The third kappa shape index (κ3) is 3.44. The molecular formula is C10H23O2P. The van der Waals surface area contributed by atoms with Crippen LogP contribution in [0.5, 0.6) is 0 Å². The predicted molar refractivity (Wildman–Crippen MR) is 58.6 cm³/mol. The fraction of sp³-hybridized carbons (Fsp3) is 1.00. The molecule has 13 heavy (non-hydrogen) atoms. The Kier molecular flexibility index (Phi) is 5.91. The Morgan fingerprint density at radius 2 is 1.77 bits per heavy atom. The summed E-state index contributed by atoms with van der Waals surface area (Å²) in [6, 6.07) is 0. The third-order valence-corrected chi connectivity index (χ3v) is 6.14. The Bertz CT molecular complexity index is 180. The van der Waals surface area contributed by atoms with Crippen LogP contribution in [0.2, 0.25) is 0 Å². The van der Waals surface area contributed by atoms with Crippen molar-refractivity contribution in [1.29, 1.82) is 0 Å². The maximum Gasteiger partial charge on any atom is 0.206 e. The average molecular weight is 206 g/mol. The first-order chi connectivity index (χ1) is 6.00. The maximum absolute atomic E-state index is 12.0. The number of hydrogen-bond donors (Lipinski definition) is 1. The first kappa shape index (κ1) is 13.2. The molecule has 0 saturated heterocycles. The lowest BCUT2D eigenvalue weighted by Crippen LogP contribution is -2.15. The summed E-state index contributed by atoms with van der Waals surface area (Å²) in [4.78, 5) is 9.93. The highest BCUT2D eigenvalue weighted by molar-refractivity contribution is 7.59. The second-order valence-corrected chi connectivity index (χ2v) is 6.74. The van der Waals surface area contributed by atoms with Gasteiger partial charge in [-0.3, -0.25) is 4.57 Å². The van der Waals surface area contributed by atoms with Gasteiger partial charge in [0.15, 0.2) is 0 Å². The summed E-state index contributed by atoms with van der Waals surface area (Å²) >= 11 is 0. The van der Waals surface area contributed by atoms with Gasteiger partial charge in [-0.1, -0.05) is 34.1 Å². The van der Waals surface area contributed by atoms with Gasteiger partial charge in [-0.2, -0.15) is 0 Å². The Balaban J connectivity index is 4.46. The molecule has 0 aromatic carbocycles. The van der Waals surface area contributed by atoms with Crippen molar-refractivity contribution < 1.29 is 9.46 Å². The molecule has 1 N–H and O–H groups in total. The van der Waals surface area contributed by atoms with E-state index in [4.69, 9.17) is 0 Å². The van der Waals surface area contributed by atoms with Crippen molar-refractivity contribution in [1.82, 2.24) is 0 Å². The van der Waals surface area contributed by atoms with Gasteiger partial charge >= 0.3 is 0 Å². The minimum atomic E-state index is -2.91. The summed E-state index contributed by atoms with van der Waals surface area (Å²) in [6.07, 6.45) is 3.51. The minimum absolute atomic E-state index is 0.0208. The van der Waals surface area contributed by atoms with Crippen molar-refractivity contribution in [2.75, 3.05) is 0 Å². The van der Waals surface area contributed by atoms with Gasteiger partial charge < -0.3 is 4.89 Å². The minimum Gasteiger partial charge on any atom is -0.344 e. The van der Waals surface area contributed by atoms with E-state index in [1.165, 1.54) is 0 Å². The second kappa shape index (κ2) is 5.82. The van der Waals surface area contributed by atoms with E-state index in [-0.39, 0.29) is 11.3 Å². The van der Waals surface area contributed by atoms with E-state index in [1.54, 1.807) is 0 Å². The smallest absolute Gasteiger partial charge is 0.206 e. The zero-order valence-corrected chi connectivity index (χ0v) is 10.2. The summed E-state index contributed by atoms with van der Waals surface area (Å²) in [5.41, 5.74) is -0.0172. The van der Waals surface area contributed by atoms with Crippen LogP contribution in [0.1, 0.15) is 53.4 Å². The van der Waals surface area contributed by atoms with Crippen molar-refractivity contribution in [3.63, 3.8) is 0 Å². The van der Waals surface area contributed by atoms with E-state index < -0.39 is 7.37 Å². The quantitative estimate of drug-likeness (QED) is 0.674. The van der Waals surface area contributed by atoms with Gasteiger partial charge in [0.05, 0.1) is 0 Å². The lowest BCUT2D eigenvalue weighted by molar-refractivity contribution is 0.439. The van der Waals surface area contributed by atoms with Gasteiger partial charge in [-0.05, 0) is 19.3 Å². The van der Waals surface area contributed by atoms with Crippen molar-refractivity contribution in [2.45, 2.75) is 64.7 Å². The SMILES string of the molecule is CCCC(CC)P(=O)(O)C(C)CC. The molecule has 0 aromatic heterocycles. The van der Waals surface area contributed by atoms with E-state index in [2.05, 4.69) is 6.92 Å². The molecule has 0 aliphatic carbocycles. The van der Waals surface area contributed by atoms with Crippen molar-refractivity contribution in [2.24, 2.45) is 0 Å². The molecule has 80 valence electrons. The van der Waals surface area contributed by atoms with Crippen LogP contribution >= 0.6 is 7.37 Å². The van der Waals surface area contributed by atoms with Crippen molar-refractivity contribution >= 4 is 7.37 Å². The predicted octanol–water partition coefficient (Wildman–Crippen LogP) is 3.63. The normalized spacial score (nSPS) is 20.7. The van der Waals surface area contributed by atoms with Crippen LogP contribution in [-0.4, -0.2) is 16.2 Å². The zero-order chi connectivity index (χ0) is 10.5. The molecule has 0 bridgehead atoms. The molecule has 0 radical (unpaired) electrons. The Hall–Kier alpha value is 0.190. The highest BCUT2D eigenvalue weighted by Crippen LogP contribution is 2.54. The average Bonchev–Trinajstić information content (AvgIpc) is 2.12. The zero-order valence-electron chi connectivity index (χ0n) is 9.29. The number of rotatable bonds is 6.